The van der Waals surface area contributed by atoms with Crippen molar-refractivity contribution in [2.45, 2.75) is 19.4 Å². The molecule has 6 nitrogen and oxygen atoms in total. The lowest BCUT2D eigenvalue weighted by Gasteiger charge is -2.07. The molecule has 0 bridgehead atoms. The zero-order chi connectivity index (χ0) is 14.7. The molecule has 0 radical (unpaired) electrons. The molecule has 1 aliphatic carbocycles. The molecule has 3 rings (SSSR count). The highest BCUT2D eigenvalue weighted by molar-refractivity contribution is 5.60. The van der Waals surface area contributed by atoms with Crippen molar-refractivity contribution in [3.8, 4) is 22.9 Å². The predicted octanol–water partition coefficient (Wildman–Crippen LogP) is 2.25. The van der Waals surface area contributed by atoms with Crippen LogP contribution >= 0.6 is 0 Å². The minimum atomic E-state index is 0.555. The second-order valence-corrected chi connectivity index (χ2v) is 5.16. The molecule has 1 fully saturated rings. The lowest BCUT2D eigenvalue weighted by molar-refractivity contribution is 0.355. The molecule has 6 heteroatoms. The summed E-state index contributed by atoms with van der Waals surface area (Å²) in [6.07, 6.45) is 2.65. The zero-order valence-corrected chi connectivity index (χ0v) is 12.3. The van der Waals surface area contributed by atoms with Gasteiger partial charge >= 0.3 is 0 Å². The molecule has 1 aromatic carbocycles. The average molecular weight is 289 g/mol. The summed E-state index contributed by atoms with van der Waals surface area (Å²) in [5, 5.41) is 7.34. The summed E-state index contributed by atoms with van der Waals surface area (Å²) in [6, 6.07) is 5.55. The normalized spacial score (nSPS) is 14.2. The Balaban J connectivity index is 1.69. The van der Waals surface area contributed by atoms with E-state index in [-0.39, 0.29) is 0 Å². The van der Waals surface area contributed by atoms with Crippen molar-refractivity contribution in [3.05, 3.63) is 24.1 Å². The number of ether oxygens (including phenoxy) is 2. The lowest BCUT2D eigenvalue weighted by Crippen LogP contribution is -2.16. The molecule has 0 aliphatic heterocycles. The van der Waals surface area contributed by atoms with Crippen LogP contribution in [0.5, 0.6) is 11.5 Å². The first kappa shape index (κ1) is 13.9. The number of hydrogen-bond donors (Lipinski definition) is 1. The minimum Gasteiger partial charge on any atom is -0.493 e. The molecule has 1 aromatic heterocycles. The minimum absolute atomic E-state index is 0.555. The van der Waals surface area contributed by atoms with Crippen LogP contribution in [0.4, 0.5) is 0 Å². The first-order chi connectivity index (χ1) is 10.3. The molecular weight excluding hydrogens is 270 g/mol. The molecule has 21 heavy (non-hydrogen) atoms. The molecule has 1 saturated carbocycles. The maximum Gasteiger partial charge on any atom is 0.240 e. The molecule has 2 aromatic rings. The molecule has 0 spiro atoms. The third kappa shape index (κ3) is 3.33. The summed E-state index contributed by atoms with van der Waals surface area (Å²) in [5.74, 6) is 3.31. The molecule has 0 atom stereocenters. The highest BCUT2D eigenvalue weighted by atomic mass is 16.5. The van der Waals surface area contributed by atoms with Gasteiger partial charge in [-0.05, 0) is 43.5 Å². The van der Waals surface area contributed by atoms with E-state index in [1.54, 1.807) is 14.2 Å². The fourth-order valence-electron chi connectivity index (χ4n) is 2.12. The number of benzene rings is 1. The van der Waals surface area contributed by atoms with Gasteiger partial charge in [0.2, 0.25) is 11.7 Å². The van der Waals surface area contributed by atoms with E-state index in [9.17, 15) is 0 Å². The maximum absolute atomic E-state index is 5.28. The Bertz CT molecular complexity index is 608. The van der Waals surface area contributed by atoms with E-state index in [1.807, 2.05) is 18.2 Å². The third-order valence-electron chi connectivity index (χ3n) is 3.52. The summed E-state index contributed by atoms with van der Waals surface area (Å²) in [5.41, 5.74) is 0.838. The molecule has 0 saturated heterocycles. The molecule has 1 aliphatic rings. The Morgan fingerprint density at radius 3 is 2.76 bits per heavy atom. The standard InChI is InChI=1S/C15H19N3O3/c1-19-12-6-5-11(7-13(12)20-2)15-17-14(21-18-15)9-16-8-10-3-4-10/h5-7,10,16H,3-4,8-9H2,1-2H3. The summed E-state index contributed by atoms with van der Waals surface area (Å²) >= 11 is 0. The number of aromatic nitrogens is 2. The van der Waals surface area contributed by atoms with Crippen LogP contribution in [0.3, 0.4) is 0 Å². The van der Waals surface area contributed by atoms with E-state index >= 15 is 0 Å². The highest BCUT2D eigenvalue weighted by Gasteiger charge is 2.20. The van der Waals surface area contributed by atoms with Gasteiger partial charge in [0.1, 0.15) is 0 Å². The van der Waals surface area contributed by atoms with E-state index < -0.39 is 0 Å². The van der Waals surface area contributed by atoms with Crippen molar-refractivity contribution in [2.75, 3.05) is 20.8 Å². The number of hydrogen-bond acceptors (Lipinski definition) is 6. The Labute approximate surface area is 123 Å². The van der Waals surface area contributed by atoms with Gasteiger partial charge in [-0.25, -0.2) is 0 Å². The van der Waals surface area contributed by atoms with Crippen molar-refractivity contribution < 1.29 is 14.0 Å². The second-order valence-electron chi connectivity index (χ2n) is 5.16. The monoisotopic (exact) mass is 289 g/mol. The van der Waals surface area contributed by atoms with Gasteiger partial charge in [0.05, 0.1) is 20.8 Å². The van der Waals surface area contributed by atoms with E-state index in [1.165, 1.54) is 12.8 Å². The predicted molar refractivity (Wildman–Crippen MR) is 77.3 cm³/mol. The highest BCUT2D eigenvalue weighted by Crippen LogP contribution is 2.31. The number of rotatable bonds is 7. The molecule has 112 valence electrons. The molecular formula is C15H19N3O3. The quantitative estimate of drug-likeness (QED) is 0.843. The Morgan fingerprint density at radius 1 is 1.24 bits per heavy atom. The Morgan fingerprint density at radius 2 is 2.05 bits per heavy atom. The van der Waals surface area contributed by atoms with Crippen molar-refractivity contribution in [1.82, 2.24) is 15.5 Å². The van der Waals surface area contributed by atoms with E-state index in [2.05, 4.69) is 15.5 Å². The number of nitrogens with zero attached hydrogens (tertiary/aromatic N) is 2. The van der Waals surface area contributed by atoms with Gasteiger partial charge in [0.25, 0.3) is 0 Å². The van der Waals surface area contributed by atoms with Crippen LogP contribution in [0.25, 0.3) is 11.4 Å². The fraction of sp³-hybridized carbons (Fsp3) is 0.467. The van der Waals surface area contributed by atoms with Crippen LogP contribution in [0.15, 0.2) is 22.7 Å². The summed E-state index contributed by atoms with van der Waals surface area (Å²) in [7, 11) is 3.21. The van der Waals surface area contributed by atoms with Gasteiger partial charge in [-0.15, -0.1) is 0 Å². The average Bonchev–Trinajstić information content (AvgIpc) is 3.22. The van der Waals surface area contributed by atoms with Crippen LogP contribution in [0, 0.1) is 5.92 Å². The summed E-state index contributed by atoms with van der Waals surface area (Å²) in [6.45, 7) is 1.63. The van der Waals surface area contributed by atoms with Gasteiger partial charge in [-0.2, -0.15) is 4.98 Å². The Hall–Kier alpha value is -2.08. The molecule has 1 N–H and O–H groups in total. The van der Waals surface area contributed by atoms with Gasteiger partial charge < -0.3 is 19.3 Å². The van der Waals surface area contributed by atoms with Crippen LogP contribution in [-0.4, -0.2) is 30.9 Å². The summed E-state index contributed by atoms with van der Waals surface area (Å²) in [4.78, 5) is 4.39. The van der Waals surface area contributed by atoms with Crippen molar-refractivity contribution >= 4 is 0 Å². The SMILES string of the molecule is COc1ccc(-c2noc(CNCC3CC3)n2)cc1OC. The topological polar surface area (TPSA) is 69.4 Å². The third-order valence-corrected chi connectivity index (χ3v) is 3.52. The van der Waals surface area contributed by atoms with Crippen molar-refractivity contribution in [1.29, 1.82) is 0 Å². The zero-order valence-electron chi connectivity index (χ0n) is 12.3. The van der Waals surface area contributed by atoms with Gasteiger partial charge in [0.15, 0.2) is 11.5 Å². The van der Waals surface area contributed by atoms with Crippen LogP contribution in [-0.2, 0) is 6.54 Å². The van der Waals surface area contributed by atoms with Gasteiger partial charge in [0, 0.05) is 5.56 Å². The van der Waals surface area contributed by atoms with E-state index in [0.29, 0.717) is 29.8 Å². The fourth-order valence-corrected chi connectivity index (χ4v) is 2.12. The Kier molecular flexibility index (Phi) is 4.06. The number of nitrogens with one attached hydrogen (secondary N) is 1. The largest absolute Gasteiger partial charge is 0.493 e. The summed E-state index contributed by atoms with van der Waals surface area (Å²) < 4.78 is 15.7. The van der Waals surface area contributed by atoms with Crippen molar-refractivity contribution in [3.63, 3.8) is 0 Å². The first-order valence-electron chi connectivity index (χ1n) is 7.06. The van der Waals surface area contributed by atoms with Crippen LogP contribution in [0.2, 0.25) is 0 Å². The lowest BCUT2D eigenvalue weighted by atomic mass is 10.2. The molecule has 1 heterocycles. The molecule has 0 unspecified atom stereocenters. The van der Waals surface area contributed by atoms with Crippen LogP contribution < -0.4 is 14.8 Å². The van der Waals surface area contributed by atoms with Gasteiger partial charge in [-0.3, -0.25) is 0 Å². The number of methoxy groups -OCH3 is 2. The first-order valence-corrected chi connectivity index (χ1v) is 7.06. The van der Waals surface area contributed by atoms with E-state index in [4.69, 9.17) is 14.0 Å². The smallest absolute Gasteiger partial charge is 0.240 e. The van der Waals surface area contributed by atoms with E-state index in [0.717, 1.165) is 18.0 Å². The van der Waals surface area contributed by atoms with Crippen molar-refractivity contribution in [2.24, 2.45) is 5.92 Å². The van der Waals surface area contributed by atoms with Crippen LogP contribution in [0.1, 0.15) is 18.7 Å². The molecule has 0 amide bonds. The van der Waals surface area contributed by atoms with Gasteiger partial charge in [-0.1, -0.05) is 5.16 Å². The maximum atomic E-state index is 5.28. The second kappa shape index (κ2) is 6.13.